The van der Waals surface area contributed by atoms with E-state index in [9.17, 15) is 4.79 Å². The van der Waals surface area contributed by atoms with Gasteiger partial charge >= 0.3 is 0 Å². The lowest BCUT2D eigenvalue weighted by Gasteiger charge is -2.07. The van der Waals surface area contributed by atoms with Gasteiger partial charge in [0, 0.05) is 24.0 Å². The smallest absolute Gasteiger partial charge is 0.248 e. The van der Waals surface area contributed by atoms with Crippen molar-refractivity contribution in [3.63, 3.8) is 0 Å². The lowest BCUT2D eigenvalue weighted by Crippen LogP contribution is -2.08. The van der Waals surface area contributed by atoms with Crippen molar-refractivity contribution in [3.05, 3.63) is 84.7 Å². The number of amides is 1. The summed E-state index contributed by atoms with van der Waals surface area (Å²) < 4.78 is 0. The van der Waals surface area contributed by atoms with Crippen LogP contribution in [0.15, 0.2) is 79.1 Å². The van der Waals surface area contributed by atoms with Crippen molar-refractivity contribution in [1.82, 2.24) is 15.0 Å². The number of para-hydroxylation sites is 3. The molecule has 4 aromatic rings. The van der Waals surface area contributed by atoms with E-state index in [0.29, 0.717) is 5.69 Å². The van der Waals surface area contributed by atoms with Crippen molar-refractivity contribution in [2.24, 2.45) is 0 Å². The van der Waals surface area contributed by atoms with Crippen LogP contribution in [0.1, 0.15) is 5.56 Å². The molecule has 0 aliphatic carbocycles. The molecule has 2 N–H and O–H groups in total. The number of aromatic nitrogens is 3. The van der Waals surface area contributed by atoms with Crippen LogP contribution in [-0.2, 0) is 4.79 Å². The minimum atomic E-state index is -0.211. The normalized spacial score (nSPS) is 11.1. The van der Waals surface area contributed by atoms with Gasteiger partial charge in [0.1, 0.15) is 5.82 Å². The van der Waals surface area contributed by atoms with Crippen LogP contribution in [0.2, 0.25) is 0 Å². The van der Waals surface area contributed by atoms with E-state index in [1.165, 1.54) is 6.08 Å². The van der Waals surface area contributed by atoms with E-state index >= 15 is 0 Å². The zero-order valence-electron chi connectivity index (χ0n) is 13.9. The number of carbonyl (C=O) groups excluding carboxylic acids is 1. The monoisotopic (exact) mass is 340 g/mol. The molecule has 2 aromatic carbocycles. The lowest BCUT2D eigenvalue weighted by atomic mass is 10.1. The Morgan fingerprint density at radius 2 is 1.85 bits per heavy atom. The lowest BCUT2D eigenvalue weighted by molar-refractivity contribution is -0.111. The van der Waals surface area contributed by atoms with Crippen molar-refractivity contribution >= 4 is 28.7 Å². The van der Waals surface area contributed by atoms with Crippen molar-refractivity contribution in [2.75, 3.05) is 5.32 Å². The van der Waals surface area contributed by atoms with E-state index in [0.717, 1.165) is 28.0 Å². The number of benzene rings is 2. The third-order valence-electron chi connectivity index (χ3n) is 3.94. The second kappa shape index (κ2) is 7.03. The maximum atomic E-state index is 12.3. The molecule has 4 rings (SSSR count). The molecule has 2 heterocycles. The summed E-state index contributed by atoms with van der Waals surface area (Å²) in [5.41, 5.74) is 4.26. The van der Waals surface area contributed by atoms with Crippen LogP contribution in [0.25, 0.3) is 28.5 Å². The first-order valence-corrected chi connectivity index (χ1v) is 8.23. The molecular formula is C21H16N4O. The molecule has 1 amide bonds. The zero-order chi connectivity index (χ0) is 17.8. The second-order valence-corrected chi connectivity index (χ2v) is 5.76. The molecule has 0 saturated heterocycles. The number of hydrogen-bond donors (Lipinski definition) is 2. The number of H-pyrrole nitrogens is 1. The quantitative estimate of drug-likeness (QED) is 0.545. The number of pyridine rings is 1. The average Bonchev–Trinajstić information content (AvgIpc) is 3.12. The third kappa shape index (κ3) is 3.37. The third-order valence-corrected chi connectivity index (χ3v) is 3.94. The van der Waals surface area contributed by atoms with Gasteiger partial charge in [-0.3, -0.25) is 9.78 Å². The molecule has 0 aliphatic rings. The first-order valence-electron chi connectivity index (χ1n) is 8.23. The van der Waals surface area contributed by atoms with Crippen molar-refractivity contribution in [2.45, 2.75) is 0 Å². The summed E-state index contributed by atoms with van der Waals surface area (Å²) >= 11 is 0. The number of hydrogen-bond acceptors (Lipinski definition) is 3. The standard InChI is InChI=1S/C21H16N4O/c26-20(12-11-15-6-5-13-22-14-15)23-17-8-2-1-7-16(17)21-24-18-9-3-4-10-19(18)25-21/h1-14H,(H,23,26)(H,24,25). The Balaban J connectivity index is 1.59. The van der Waals surface area contributed by atoms with E-state index in [4.69, 9.17) is 0 Å². The first-order chi connectivity index (χ1) is 12.8. The maximum absolute atomic E-state index is 12.3. The van der Waals surface area contributed by atoms with Crippen LogP contribution >= 0.6 is 0 Å². The molecule has 0 atom stereocenters. The maximum Gasteiger partial charge on any atom is 0.248 e. The van der Waals surface area contributed by atoms with Crippen LogP contribution in [0.5, 0.6) is 0 Å². The summed E-state index contributed by atoms with van der Waals surface area (Å²) in [7, 11) is 0. The highest BCUT2D eigenvalue weighted by Gasteiger charge is 2.10. The van der Waals surface area contributed by atoms with Crippen molar-refractivity contribution in [1.29, 1.82) is 0 Å². The average molecular weight is 340 g/mol. The Kier molecular flexibility index (Phi) is 4.26. The molecule has 0 radical (unpaired) electrons. The summed E-state index contributed by atoms with van der Waals surface area (Å²) in [5.74, 6) is 0.510. The topological polar surface area (TPSA) is 70.7 Å². The van der Waals surface area contributed by atoms with Gasteiger partial charge < -0.3 is 10.3 Å². The predicted molar refractivity (Wildman–Crippen MR) is 103 cm³/mol. The molecule has 5 nitrogen and oxygen atoms in total. The highest BCUT2D eigenvalue weighted by molar-refractivity contribution is 6.04. The van der Waals surface area contributed by atoms with Crippen LogP contribution in [0, 0.1) is 0 Å². The Morgan fingerprint density at radius 1 is 1.00 bits per heavy atom. The van der Waals surface area contributed by atoms with Gasteiger partial charge in [-0.2, -0.15) is 0 Å². The Morgan fingerprint density at radius 3 is 2.69 bits per heavy atom. The number of rotatable bonds is 4. The number of fused-ring (bicyclic) bond motifs is 1. The zero-order valence-corrected chi connectivity index (χ0v) is 13.9. The SMILES string of the molecule is O=C(C=Cc1cccnc1)Nc1ccccc1-c1nc2ccccc2[nH]1. The van der Waals surface area contributed by atoms with Gasteiger partial charge in [-0.1, -0.05) is 30.3 Å². The molecule has 126 valence electrons. The second-order valence-electron chi connectivity index (χ2n) is 5.76. The van der Waals surface area contributed by atoms with Gasteiger partial charge in [0.2, 0.25) is 5.91 Å². The molecule has 5 heteroatoms. The van der Waals surface area contributed by atoms with Gasteiger partial charge in [0.15, 0.2) is 0 Å². The van der Waals surface area contributed by atoms with Crippen LogP contribution in [-0.4, -0.2) is 20.9 Å². The van der Waals surface area contributed by atoms with E-state index in [2.05, 4.69) is 20.3 Å². The van der Waals surface area contributed by atoms with Crippen molar-refractivity contribution in [3.8, 4) is 11.4 Å². The summed E-state index contributed by atoms with van der Waals surface area (Å²) in [6.45, 7) is 0. The molecule has 0 bridgehead atoms. The van der Waals surface area contributed by atoms with E-state index < -0.39 is 0 Å². The number of imidazole rings is 1. The first kappa shape index (κ1) is 15.8. The van der Waals surface area contributed by atoms with Crippen molar-refractivity contribution < 1.29 is 4.79 Å². The molecule has 0 spiro atoms. The number of nitrogens with one attached hydrogen (secondary N) is 2. The molecule has 0 aliphatic heterocycles. The molecule has 0 saturated carbocycles. The summed E-state index contributed by atoms with van der Waals surface area (Å²) in [4.78, 5) is 24.2. The van der Waals surface area contributed by atoms with Crippen LogP contribution < -0.4 is 5.32 Å². The fourth-order valence-electron chi connectivity index (χ4n) is 2.70. The minimum absolute atomic E-state index is 0.211. The molecular weight excluding hydrogens is 324 g/mol. The summed E-state index contributed by atoms with van der Waals surface area (Å²) in [6, 6.07) is 19.1. The van der Waals surface area contributed by atoms with Gasteiger partial charge in [-0.25, -0.2) is 4.98 Å². The van der Waals surface area contributed by atoms with E-state index in [1.54, 1.807) is 18.5 Å². The number of carbonyl (C=O) groups is 1. The number of anilines is 1. The fraction of sp³-hybridized carbons (Fsp3) is 0. The van der Waals surface area contributed by atoms with Gasteiger partial charge in [-0.05, 0) is 42.0 Å². The fourth-order valence-corrected chi connectivity index (χ4v) is 2.70. The molecule has 0 fully saturated rings. The number of aromatic amines is 1. The Bertz CT molecular complexity index is 1050. The van der Waals surface area contributed by atoms with Gasteiger partial charge in [0.05, 0.1) is 16.7 Å². The summed E-state index contributed by atoms with van der Waals surface area (Å²) in [6.07, 6.45) is 6.62. The highest BCUT2D eigenvalue weighted by atomic mass is 16.1. The highest BCUT2D eigenvalue weighted by Crippen LogP contribution is 2.27. The summed E-state index contributed by atoms with van der Waals surface area (Å²) in [5, 5.41) is 2.92. The van der Waals surface area contributed by atoms with Gasteiger partial charge in [0.25, 0.3) is 0 Å². The van der Waals surface area contributed by atoms with Gasteiger partial charge in [-0.15, -0.1) is 0 Å². The Labute approximate surface area is 150 Å². The van der Waals surface area contributed by atoms with E-state index in [1.807, 2.05) is 60.7 Å². The van der Waals surface area contributed by atoms with Crippen LogP contribution in [0.4, 0.5) is 5.69 Å². The minimum Gasteiger partial charge on any atom is -0.338 e. The number of nitrogens with zero attached hydrogens (tertiary/aromatic N) is 2. The molecule has 26 heavy (non-hydrogen) atoms. The largest absolute Gasteiger partial charge is 0.338 e. The molecule has 0 unspecified atom stereocenters. The van der Waals surface area contributed by atoms with E-state index in [-0.39, 0.29) is 5.91 Å². The van der Waals surface area contributed by atoms with Crippen LogP contribution in [0.3, 0.4) is 0 Å². The Hall–Kier alpha value is -3.73. The molecule has 2 aromatic heterocycles. The predicted octanol–water partition coefficient (Wildman–Crippen LogP) is 4.28.